The maximum absolute atomic E-state index is 5.89. The fraction of sp³-hybridized carbons (Fsp3) is 1.00. The van der Waals surface area contributed by atoms with Gasteiger partial charge in [-0.15, -0.1) is 0 Å². The van der Waals surface area contributed by atoms with Crippen LogP contribution in [0.4, 0.5) is 0 Å². The standard InChI is InChI=1S/C10H18N2/c11-9-1-3-12(4-2-9)10-5-8(6-10)7-10/h8-9H,1-7,11H2. The van der Waals surface area contributed by atoms with Crippen LogP contribution in [0.25, 0.3) is 0 Å². The average molecular weight is 166 g/mol. The SMILES string of the molecule is NC1CCN(C23CC(C2)C3)CC1. The highest BCUT2D eigenvalue weighted by Gasteiger charge is 2.59. The van der Waals surface area contributed by atoms with Crippen LogP contribution in [0, 0.1) is 5.92 Å². The van der Waals surface area contributed by atoms with Gasteiger partial charge in [0.15, 0.2) is 0 Å². The molecule has 0 radical (unpaired) electrons. The highest BCUT2D eigenvalue weighted by atomic mass is 15.2. The Morgan fingerprint density at radius 2 is 1.67 bits per heavy atom. The van der Waals surface area contributed by atoms with Crippen LogP contribution in [-0.4, -0.2) is 29.6 Å². The average Bonchev–Trinajstić information content (AvgIpc) is 1.87. The smallest absolute Gasteiger partial charge is 0.0217 e. The highest BCUT2D eigenvalue weighted by molar-refractivity contribution is 5.15. The monoisotopic (exact) mass is 166 g/mol. The molecule has 2 N–H and O–H groups in total. The topological polar surface area (TPSA) is 29.3 Å². The minimum absolute atomic E-state index is 0.494. The Balaban J connectivity index is 1.63. The van der Waals surface area contributed by atoms with E-state index < -0.39 is 0 Å². The lowest BCUT2D eigenvalue weighted by Gasteiger charge is -2.67. The molecule has 0 aromatic rings. The van der Waals surface area contributed by atoms with Crippen LogP contribution < -0.4 is 5.73 Å². The molecule has 2 bridgehead atoms. The fourth-order valence-corrected chi connectivity index (χ4v) is 3.19. The van der Waals surface area contributed by atoms with Gasteiger partial charge in [-0.3, -0.25) is 4.90 Å². The van der Waals surface area contributed by atoms with E-state index in [9.17, 15) is 0 Å². The molecule has 4 fully saturated rings. The summed E-state index contributed by atoms with van der Waals surface area (Å²) in [6, 6.07) is 0.494. The first-order chi connectivity index (χ1) is 5.78. The van der Waals surface area contributed by atoms with Gasteiger partial charge in [0.1, 0.15) is 0 Å². The van der Waals surface area contributed by atoms with Crippen molar-refractivity contribution in [3.8, 4) is 0 Å². The minimum Gasteiger partial charge on any atom is -0.328 e. The molecule has 2 heteroatoms. The zero-order chi connectivity index (χ0) is 8.18. The van der Waals surface area contributed by atoms with Gasteiger partial charge in [-0.05, 0) is 38.0 Å². The lowest BCUT2D eigenvalue weighted by molar-refractivity contribution is -0.150. The van der Waals surface area contributed by atoms with Crippen LogP contribution >= 0.6 is 0 Å². The van der Waals surface area contributed by atoms with E-state index in [1.54, 1.807) is 0 Å². The van der Waals surface area contributed by atoms with Gasteiger partial charge in [0.2, 0.25) is 0 Å². The summed E-state index contributed by atoms with van der Waals surface area (Å²) in [5, 5.41) is 0. The molecule has 3 aliphatic carbocycles. The molecule has 4 aliphatic rings. The molecule has 1 saturated heterocycles. The van der Waals surface area contributed by atoms with E-state index in [-0.39, 0.29) is 0 Å². The van der Waals surface area contributed by atoms with Gasteiger partial charge >= 0.3 is 0 Å². The third-order valence-electron chi connectivity index (χ3n) is 4.22. The zero-order valence-electron chi connectivity index (χ0n) is 7.63. The van der Waals surface area contributed by atoms with Crippen molar-refractivity contribution in [3.05, 3.63) is 0 Å². The van der Waals surface area contributed by atoms with Crippen LogP contribution in [0.3, 0.4) is 0 Å². The summed E-state index contributed by atoms with van der Waals surface area (Å²) in [6.07, 6.45) is 6.96. The molecule has 0 aromatic heterocycles. The number of hydrogen-bond donors (Lipinski definition) is 1. The van der Waals surface area contributed by atoms with Gasteiger partial charge in [0.05, 0.1) is 0 Å². The van der Waals surface area contributed by atoms with Crippen molar-refractivity contribution < 1.29 is 0 Å². The van der Waals surface area contributed by atoms with Crippen molar-refractivity contribution in [2.75, 3.05) is 13.1 Å². The Labute approximate surface area is 74.1 Å². The maximum atomic E-state index is 5.89. The van der Waals surface area contributed by atoms with Crippen molar-refractivity contribution >= 4 is 0 Å². The highest BCUT2D eigenvalue weighted by Crippen LogP contribution is 2.60. The fourth-order valence-electron chi connectivity index (χ4n) is 3.19. The van der Waals surface area contributed by atoms with Crippen molar-refractivity contribution in [2.45, 2.75) is 43.7 Å². The molecule has 0 aromatic carbocycles. The van der Waals surface area contributed by atoms with Gasteiger partial charge in [0, 0.05) is 24.7 Å². The molecule has 0 amide bonds. The first kappa shape index (κ1) is 7.34. The molecule has 0 atom stereocenters. The lowest BCUT2D eigenvalue weighted by atomic mass is 9.49. The van der Waals surface area contributed by atoms with Crippen molar-refractivity contribution in [1.82, 2.24) is 4.90 Å². The van der Waals surface area contributed by atoms with E-state index in [1.165, 1.54) is 45.2 Å². The number of nitrogens with two attached hydrogens (primary N) is 1. The van der Waals surface area contributed by atoms with Crippen LogP contribution in [-0.2, 0) is 0 Å². The Hall–Kier alpha value is -0.0800. The molecular weight excluding hydrogens is 148 g/mol. The summed E-state index contributed by atoms with van der Waals surface area (Å²) in [5.74, 6) is 1.11. The normalized spacial score (nSPS) is 48.2. The number of hydrogen-bond acceptors (Lipinski definition) is 2. The van der Waals surface area contributed by atoms with Crippen LogP contribution in [0.15, 0.2) is 0 Å². The van der Waals surface area contributed by atoms with Gasteiger partial charge in [-0.2, -0.15) is 0 Å². The second-order valence-electron chi connectivity index (χ2n) is 5.03. The largest absolute Gasteiger partial charge is 0.328 e. The summed E-state index contributed by atoms with van der Waals surface area (Å²) >= 11 is 0. The first-order valence-electron chi connectivity index (χ1n) is 5.29. The number of nitrogens with zero attached hydrogens (tertiary/aromatic N) is 1. The third kappa shape index (κ3) is 0.826. The van der Waals surface area contributed by atoms with Crippen LogP contribution in [0.5, 0.6) is 0 Å². The number of rotatable bonds is 1. The predicted molar refractivity (Wildman–Crippen MR) is 48.9 cm³/mol. The second-order valence-corrected chi connectivity index (χ2v) is 5.03. The van der Waals surface area contributed by atoms with Crippen molar-refractivity contribution in [3.63, 3.8) is 0 Å². The third-order valence-corrected chi connectivity index (χ3v) is 4.22. The van der Waals surface area contributed by atoms with Crippen molar-refractivity contribution in [2.24, 2.45) is 11.7 Å². The molecule has 0 unspecified atom stereocenters. The Morgan fingerprint density at radius 3 is 2.08 bits per heavy atom. The maximum Gasteiger partial charge on any atom is 0.0217 e. The second kappa shape index (κ2) is 2.24. The zero-order valence-corrected chi connectivity index (χ0v) is 7.63. The van der Waals surface area contributed by atoms with Crippen molar-refractivity contribution in [1.29, 1.82) is 0 Å². The van der Waals surface area contributed by atoms with E-state index in [2.05, 4.69) is 4.90 Å². The van der Waals surface area contributed by atoms with Gasteiger partial charge in [-0.25, -0.2) is 0 Å². The predicted octanol–water partition coefficient (Wildman–Crippen LogP) is 0.962. The van der Waals surface area contributed by atoms with Gasteiger partial charge in [-0.1, -0.05) is 0 Å². The van der Waals surface area contributed by atoms with E-state index in [1.807, 2.05) is 0 Å². The molecular formula is C10H18N2. The van der Waals surface area contributed by atoms with E-state index in [0.717, 1.165) is 5.92 Å². The first-order valence-corrected chi connectivity index (χ1v) is 5.29. The molecule has 2 nitrogen and oxygen atoms in total. The number of piperidine rings is 1. The summed E-state index contributed by atoms with van der Waals surface area (Å²) < 4.78 is 0. The van der Waals surface area contributed by atoms with Crippen LogP contribution in [0.1, 0.15) is 32.1 Å². The molecule has 3 saturated carbocycles. The summed E-state index contributed by atoms with van der Waals surface area (Å²) in [5.41, 5.74) is 6.59. The quantitative estimate of drug-likeness (QED) is 0.628. The summed E-state index contributed by atoms with van der Waals surface area (Å²) in [4.78, 5) is 2.72. The molecule has 1 heterocycles. The lowest BCUT2D eigenvalue weighted by Crippen LogP contribution is -2.69. The van der Waals surface area contributed by atoms with Crippen LogP contribution in [0.2, 0.25) is 0 Å². The summed E-state index contributed by atoms with van der Waals surface area (Å²) in [6.45, 7) is 2.54. The minimum atomic E-state index is 0.494. The number of likely N-dealkylation sites (tertiary alicyclic amines) is 1. The Kier molecular flexibility index (Phi) is 1.37. The molecule has 0 spiro atoms. The molecule has 1 aliphatic heterocycles. The summed E-state index contributed by atoms with van der Waals surface area (Å²) in [7, 11) is 0. The Morgan fingerprint density at radius 1 is 1.08 bits per heavy atom. The van der Waals surface area contributed by atoms with E-state index in [4.69, 9.17) is 5.73 Å². The van der Waals surface area contributed by atoms with E-state index in [0.29, 0.717) is 11.6 Å². The Bertz CT molecular complexity index is 177. The molecule has 12 heavy (non-hydrogen) atoms. The molecule has 68 valence electrons. The van der Waals surface area contributed by atoms with Gasteiger partial charge < -0.3 is 5.73 Å². The van der Waals surface area contributed by atoms with Gasteiger partial charge in [0.25, 0.3) is 0 Å². The molecule has 4 rings (SSSR count). The van der Waals surface area contributed by atoms with E-state index >= 15 is 0 Å².